The molecule has 0 radical (unpaired) electrons. The summed E-state index contributed by atoms with van der Waals surface area (Å²) in [5.41, 5.74) is 8.91. The number of carbonyl (C=O) groups is 1. The third-order valence-corrected chi connectivity index (χ3v) is 1.28. The Kier molecular flexibility index (Phi) is 6.11. The van der Waals surface area contributed by atoms with Crippen molar-refractivity contribution in [2.45, 2.75) is 13.3 Å². The first kappa shape index (κ1) is 11.3. The fraction of sp³-hybridized carbons (Fsp3) is 0.333. The lowest BCUT2D eigenvalue weighted by Crippen LogP contribution is -1.93. The first-order chi connectivity index (χ1) is 6.20. The zero-order valence-corrected chi connectivity index (χ0v) is 7.73. The Morgan fingerprint density at radius 3 is 2.46 bits per heavy atom. The van der Waals surface area contributed by atoms with E-state index in [9.17, 15) is 4.79 Å². The van der Waals surface area contributed by atoms with E-state index >= 15 is 0 Å². The lowest BCUT2D eigenvalue weighted by atomic mass is 10.2. The maximum absolute atomic E-state index is 9.59. The van der Waals surface area contributed by atoms with Crippen molar-refractivity contribution in [1.82, 2.24) is 0 Å². The predicted octanol–water partition coefficient (Wildman–Crippen LogP) is 1.35. The summed E-state index contributed by atoms with van der Waals surface area (Å²) in [7, 11) is 1.35. The molecule has 0 aliphatic heterocycles. The average Bonchev–Trinajstić information content (AvgIpc) is 2.20. The Morgan fingerprint density at radius 2 is 2.23 bits per heavy atom. The van der Waals surface area contributed by atoms with Crippen LogP contribution in [0.4, 0.5) is 0 Å². The van der Waals surface area contributed by atoms with E-state index in [2.05, 4.69) is 9.53 Å². The second-order valence-electron chi connectivity index (χ2n) is 2.28. The van der Waals surface area contributed by atoms with E-state index < -0.39 is 0 Å². The molecular weight excluding hydrogens is 168 g/mol. The van der Waals surface area contributed by atoms with Crippen LogP contribution in [0.5, 0.6) is 0 Å². The van der Waals surface area contributed by atoms with Crippen molar-refractivity contribution in [3.63, 3.8) is 0 Å². The molecule has 0 atom stereocenters. The van der Waals surface area contributed by atoms with Crippen molar-refractivity contribution in [2.24, 2.45) is 0 Å². The highest BCUT2D eigenvalue weighted by Crippen LogP contribution is 1.94. The van der Waals surface area contributed by atoms with Gasteiger partial charge in [-0.3, -0.25) is 4.79 Å². The van der Waals surface area contributed by atoms with Crippen molar-refractivity contribution in [3.8, 4) is 0 Å². The Labute approximate surface area is 77.1 Å². The summed E-state index contributed by atoms with van der Waals surface area (Å²) >= 11 is 0. The molecule has 4 heteroatoms. The molecule has 0 aromatic heterocycles. The molecule has 0 saturated heterocycles. The van der Waals surface area contributed by atoms with E-state index in [0.717, 1.165) is 6.42 Å². The van der Waals surface area contributed by atoms with E-state index in [-0.39, 0.29) is 5.97 Å². The van der Waals surface area contributed by atoms with Gasteiger partial charge in [-0.15, -0.1) is 0 Å². The van der Waals surface area contributed by atoms with E-state index in [1.54, 1.807) is 6.08 Å². The second-order valence-corrected chi connectivity index (χ2v) is 2.28. The monoisotopic (exact) mass is 180 g/mol. The van der Waals surface area contributed by atoms with E-state index in [4.69, 9.17) is 5.53 Å². The molecule has 0 aromatic carbocycles. The first-order valence-corrected chi connectivity index (χ1v) is 3.79. The number of carbonyl (C=O) groups excluding carboxylic acids is 1. The maximum Gasteiger partial charge on any atom is 0.302 e. The van der Waals surface area contributed by atoms with Gasteiger partial charge in [0.25, 0.3) is 5.71 Å². The Bertz CT molecular complexity index is 273. The molecule has 4 nitrogen and oxygen atoms in total. The van der Waals surface area contributed by atoms with Crippen LogP contribution in [0.3, 0.4) is 0 Å². The third kappa shape index (κ3) is 6.72. The Balaban J connectivity index is 0.000000252. The number of esters is 1. The van der Waals surface area contributed by atoms with Gasteiger partial charge in [0.1, 0.15) is 0 Å². The molecule has 0 saturated carbocycles. The molecule has 0 N–H and O–H groups in total. The highest BCUT2D eigenvalue weighted by Gasteiger charge is 1.99. The third-order valence-electron chi connectivity index (χ3n) is 1.28. The van der Waals surface area contributed by atoms with E-state index in [0.29, 0.717) is 5.71 Å². The standard InChI is InChI=1S/C6H6N2.C3H6O2/c7-8-6-4-2-1-3-5-6;1-3(4)5-2/h1-4H,5H2;1-2H3. The van der Waals surface area contributed by atoms with Crippen molar-refractivity contribution in [1.29, 1.82) is 0 Å². The number of nitrogens with zero attached hydrogens (tertiary/aromatic N) is 2. The summed E-state index contributed by atoms with van der Waals surface area (Å²) in [5, 5.41) is 0. The van der Waals surface area contributed by atoms with Gasteiger partial charge in [0.15, 0.2) is 0 Å². The highest BCUT2D eigenvalue weighted by atomic mass is 16.5. The molecule has 0 spiro atoms. The molecule has 1 aliphatic rings. The minimum absolute atomic E-state index is 0.245. The van der Waals surface area contributed by atoms with E-state index in [1.165, 1.54) is 14.0 Å². The fourth-order valence-electron chi connectivity index (χ4n) is 0.576. The number of hydrogen-bond donors (Lipinski definition) is 0. The molecule has 0 fully saturated rings. The molecule has 13 heavy (non-hydrogen) atoms. The van der Waals surface area contributed by atoms with Gasteiger partial charge < -0.3 is 10.3 Å². The van der Waals surface area contributed by atoms with Crippen LogP contribution in [0, 0.1) is 0 Å². The summed E-state index contributed by atoms with van der Waals surface area (Å²) in [6, 6.07) is 0. The van der Waals surface area contributed by atoms with Crippen molar-refractivity contribution >= 4 is 11.7 Å². The Morgan fingerprint density at radius 1 is 1.62 bits per heavy atom. The maximum atomic E-state index is 9.59. The molecule has 1 rings (SSSR count). The van der Waals surface area contributed by atoms with Crippen LogP contribution in [0.15, 0.2) is 24.3 Å². The van der Waals surface area contributed by atoms with Gasteiger partial charge in [0.2, 0.25) is 0 Å². The first-order valence-electron chi connectivity index (χ1n) is 3.79. The fourth-order valence-corrected chi connectivity index (χ4v) is 0.576. The van der Waals surface area contributed by atoms with Gasteiger partial charge >= 0.3 is 5.97 Å². The number of methoxy groups -OCH3 is 1. The summed E-state index contributed by atoms with van der Waals surface area (Å²) in [4.78, 5) is 12.6. The molecule has 0 heterocycles. The number of allylic oxidation sites excluding steroid dienone is 4. The number of ether oxygens (including phenoxy) is 1. The van der Waals surface area contributed by atoms with Crippen molar-refractivity contribution in [3.05, 3.63) is 29.8 Å². The predicted molar refractivity (Wildman–Crippen MR) is 49.2 cm³/mol. The van der Waals surface area contributed by atoms with Crippen molar-refractivity contribution < 1.29 is 14.3 Å². The zero-order chi connectivity index (χ0) is 10.1. The minimum atomic E-state index is -0.245. The molecule has 0 unspecified atom stereocenters. The normalized spacial score (nSPS) is 12.6. The summed E-state index contributed by atoms with van der Waals surface area (Å²) < 4.78 is 4.11. The van der Waals surface area contributed by atoms with Crippen LogP contribution in [-0.2, 0) is 9.53 Å². The topological polar surface area (TPSA) is 62.7 Å². The van der Waals surface area contributed by atoms with Gasteiger partial charge in [-0.05, 0) is 0 Å². The smallest absolute Gasteiger partial charge is 0.302 e. The van der Waals surface area contributed by atoms with Crippen molar-refractivity contribution in [2.75, 3.05) is 7.11 Å². The highest BCUT2D eigenvalue weighted by molar-refractivity contribution is 5.92. The number of rotatable bonds is 0. The lowest BCUT2D eigenvalue weighted by Gasteiger charge is -1.85. The molecule has 0 bridgehead atoms. The Hall–Kier alpha value is -1.67. The van der Waals surface area contributed by atoms with Crippen LogP contribution >= 0.6 is 0 Å². The zero-order valence-electron chi connectivity index (χ0n) is 7.73. The number of hydrogen-bond acceptors (Lipinski definition) is 2. The van der Waals surface area contributed by atoms with Gasteiger partial charge in [0, 0.05) is 13.0 Å². The largest absolute Gasteiger partial charge is 0.469 e. The molecule has 70 valence electrons. The summed E-state index contributed by atoms with van der Waals surface area (Å²) in [6.45, 7) is 1.36. The van der Waals surface area contributed by atoms with Gasteiger partial charge in [-0.25, -0.2) is 0 Å². The summed E-state index contributed by atoms with van der Waals surface area (Å²) in [6.07, 6.45) is 8.23. The molecule has 0 amide bonds. The molecule has 1 aliphatic carbocycles. The lowest BCUT2D eigenvalue weighted by molar-refractivity contribution is -0.137. The SMILES string of the molecule is COC(C)=O.[N-]=[N+]=C1C=CC=CC1. The average molecular weight is 180 g/mol. The minimum Gasteiger partial charge on any atom is -0.469 e. The van der Waals surface area contributed by atoms with Crippen LogP contribution < -0.4 is 0 Å². The molecule has 0 aromatic rings. The molecular formula is C9H12N2O2. The van der Waals surface area contributed by atoms with Crippen LogP contribution in [0.25, 0.3) is 5.53 Å². The van der Waals surface area contributed by atoms with Crippen LogP contribution in [-0.4, -0.2) is 23.6 Å². The quantitative estimate of drug-likeness (QED) is 0.321. The van der Waals surface area contributed by atoms with Gasteiger partial charge in [-0.1, -0.05) is 18.2 Å². The van der Waals surface area contributed by atoms with Gasteiger partial charge in [-0.2, -0.15) is 4.79 Å². The van der Waals surface area contributed by atoms with Crippen LogP contribution in [0.1, 0.15) is 13.3 Å². The van der Waals surface area contributed by atoms with Crippen LogP contribution in [0.2, 0.25) is 0 Å². The van der Waals surface area contributed by atoms with E-state index in [1.807, 2.05) is 18.2 Å². The van der Waals surface area contributed by atoms with Gasteiger partial charge in [0.05, 0.1) is 13.5 Å². The second kappa shape index (κ2) is 7.00. The summed E-state index contributed by atoms with van der Waals surface area (Å²) in [5.74, 6) is -0.245.